The van der Waals surface area contributed by atoms with Gasteiger partial charge in [-0.05, 0) is 18.9 Å². The van der Waals surface area contributed by atoms with Crippen LogP contribution in [0, 0.1) is 17.2 Å². The fourth-order valence-corrected chi connectivity index (χ4v) is 3.01. The molecule has 2 aromatic rings. The third kappa shape index (κ3) is 6.38. The lowest BCUT2D eigenvalue weighted by Crippen LogP contribution is -2.43. The molecule has 12 heteroatoms. The molecule has 0 bridgehead atoms. The molecule has 0 aromatic carbocycles. The van der Waals surface area contributed by atoms with Crippen molar-refractivity contribution in [2.24, 2.45) is 5.92 Å². The molecule has 33 heavy (non-hydrogen) atoms. The molecule has 0 spiro atoms. The zero-order valence-electron chi connectivity index (χ0n) is 17.8. The van der Waals surface area contributed by atoms with E-state index in [2.05, 4.69) is 25.6 Å². The van der Waals surface area contributed by atoms with E-state index in [0.29, 0.717) is 11.3 Å². The van der Waals surface area contributed by atoms with E-state index in [1.165, 1.54) is 31.7 Å². The van der Waals surface area contributed by atoms with E-state index >= 15 is 0 Å². The highest BCUT2D eigenvalue weighted by Gasteiger charge is 2.30. The monoisotopic (exact) mass is 461 g/mol. The third-order valence-corrected chi connectivity index (χ3v) is 4.98. The lowest BCUT2D eigenvalue weighted by Gasteiger charge is -2.24. The molecule has 0 saturated heterocycles. The van der Waals surface area contributed by atoms with Gasteiger partial charge in [0.25, 0.3) is 0 Å². The number of pyridine rings is 1. The van der Waals surface area contributed by atoms with E-state index in [-0.39, 0.29) is 35.6 Å². The van der Waals surface area contributed by atoms with Crippen LogP contribution in [0.15, 0.2) is 24.7 Å². The molecule has 1 unspecified atom stereocenters. The zero-order chi connectivity index (χ0) is 24.0. The van der Waals surface area contributed by atoms with Gasteiger partial charge in [0.15, 0.2) is 11.5 Å². The molecule has 1 atom stereocenters. The van der Waals surface area contributed by atoms with Crippen molar-refractivity contribution in [3.8, 4) is 17.3 Å². The van der Waals surface area contributed by atoms with Crippen molar-refractivity contribution in [2.45, 2.75) is 31.7 Å². The van der Waals surface area contributed by atoms with Crippen LogP contribution in [0.3, 0.4) is 0 Å². The summed E-state index contributed by atoms with van der Waals surface area (Å²) >= 11 is 0. The number of anilines is 2. The maximum absolute atomic E-state index is 13.1. The SMILES string of the molecule is CN(CCF)C(=O)C(CC(F)F)Nc1cc(-c2cnc(NC(=O)C3CC3)cn2)cnc1C#N. The second kappa shape index (κ2) is 10.7. The van der Waals surface area contributed by atoms with Gasteiger partial charge >= 0.3 is 0 Å². The summed E-state index contributed by atoms with van der Waals surface area (Å²) in [6.07, 6.45) is 2.18. The predicted molar refractivity (Wildman–Crippen MR) is 113 cm³/mol. The first-order valence-corrected chi connectivity index (χ1v) is 10.2. The summed E-state index contributed by atoms with van der Waals surface area (Å²) in [4.78, 5) is 37.7. The lowest BCUT2D eigenvalue weighted by atomic mass is 10.1. The standard InChI is InChI=1S/C21H22F3N7O2/c1-31(5-4-22)21(33)15(7-18(23)24)29-14-6-13(9-26-16(14)8-25)17-10-28-19(11-27-17)30-20(32)12-2-3-12/h6,9-12,15,18,29H,2-5,7H2,1H3,(H,28,30,32). The maximum atomic E-state index is 13.1. The number of halogens is 3. The van der Waals surface area contributed by atoms with Crippen molar-refractivity contribution in [1.29, 1.82) is 5.26 Å². The van der Waals surface area contributed by atoms with Crippen LogP contribution in [0.25, 0.3) is 11.3 Å². The van der Waals surface area contributed by atoms with E-state index in [9.17, 15) is 28.0 Å². The van der Waals surface area contributed by atoms with Crippen LogP contribution in [0.5, 0.6) is 0 Å². The van der Waals surface area contributed by atoms with E-state index in [0.717, 1.165) is 17.7 Å². The number of carbonyl (C=O) groups excluding carboxylic acids is 2. The van der Waals surface area contributed by atoms with E-state index in [1.54, 1.807) is 0 Å². The molecule has 2 N–H and O–H groups in total. The lowest BCUT2D eigenvalue weighted by molar-refractivity contribution is -0.131. The molecule has 2 amide bonds. The maximum Gasteiger partial charge on any atom is 0.245 e. The molecule has 1 aliphatic carbocycles. The number of nitriles is 1. The number of nitrogens with zero attached hydrogens (tertiary/aromatic N) is 5. The van der Waals surface area contributed by atoms with E-state index < -0.39 is 31.5 Å². The highest BCUT2D eigenvalue weighted by Crippen LogP contribution is 2.30. The van der Waals surface area contributed by atoms with Crippen molar-refractivity contribution in [3.05, 3.63) is 30.4 Å². The summed E-state index contributed by atoms with van der Waals surface area (Å²) < 4.78 is 38.8. The molecule has 9 nitrogen and oxygen atoms in total. The average molecular weight is 461 g/mol. The number of rotatable bonds is 10. The number of aromatic nitrogens is 3. The highest BCUT2D eigenvalue weighted by molar-refractivity contribution is 5.93. The normalized spacial score (nSPS) is 13.8. The molecule has 1 aliphatic rings. The molecule has 0 aliphatic heterocycles. The number of amides is 2. The second-order valence-corrected chi connectivity index (χ2v) is 7.55. The van der Waals surface area contributed by atoms with Crippen molar-refractivity contribution < 1.29 is 22.8 Å². The first-order valence-electron chi connectivity index (χ1n) is 10.2. The molecular formula is C21H22F3N7O2. The van der Waals surface area contributed by atoms with Gasteiger partial charge in [0.2, 0.25) is 18.2 Å². The first-order chi connectivity index (χ1) is 15.8. The Labute approximate surface area is 188 Å². The van der Waals surface area contributed by atoms with Crippen LogP contribution in [0.2, 0.25) is 0 Å². The number of nitrogens with one attached hydrogen (secondary N) is 2. The summed E-state index contributed by atoms with van der Waals surface area (Å²) in [7, 11) is 1.31. The minimum absolute atomic E-state index is 0.00989. The largest absolute Gasteiger partial charge is 0.371 e. The topological polar surface area (TPSA) is 124 Å². The van der Waals surface area contributed by atoms with Gasteiger partial charge in [-0.25, -0.2) is 23.1 Å². The predicted octanol–water partition coefficient (Wildman–Crippen LogP) is 2.62. The Hall–Kier alpha value is -3.75. The number of carbonyl (C=O) groups is 2. The summed E-state index contributed by atoms with van der Waals surface area (Å²) in [6.45, 7) is -1.07. The Morgan fingerprint density at radius 3 is 2.58 bits per heavy atom. The minimum Gasteiger partial charge on any atom is -0.371 e. The van der Waals surface area contributed by atoms with Crippen molar-refractivity contribution in [2.75, 3.05) is 30.9 Å². The highest BCUT2D eigenvalue weighted by atomic mass is 19.3. The molecule has 2 aromatic heterocycles. The van der Waals surface area contributed by atoms with Gasteiger partial charge in [0, 0.05) is 37.7 Å². The molecule has 1 saturated carbocycles. The number of hydrogen-bond acceptors (Lipinski definition) is 7. The van der Waals surface area contributed by atoms with Gasteiger partial charge < -0.3 is 15.5 Å². The van der Waals surface area contributed by atoms with Crippen molar-refractivity contribution in [3.63, 3.8) is 0 Å². The van der Waals surface area contributed by atoms with Gasteiger partial charge in [0.05, 0.1) is 23.8 Å². The average Bonchev–Trinajstić information content (AvgIpc) is 3.64. The molecule has 3 rings (SSSR count). The van der Waals surface area contributed by atoms with Crippen LogP contribution in [0.4, 0.5) is 24.7 Å². The Balaban J connectivity index is 1.82. The Morgan fingerprint density at radius 1 is 1.24 bits per heavy atom. The summed E-state index contributed by atoms with van der Waals surface area (Å²) in [5.74, 6) is -0.557. The fraction of sp³-hybridized carbons (Fsp3) is 0.429. The summed E-state index contributed by atoms with van der Waals surface area (Å²) in [5, 5.41) is 14.7. The van der Waals surface area contributed by atoms with Crippen LogP contribution in [-0.2, 0) is 9.59 Å². The Kier molecular flexibility index (Phi) is 7.76. The smallest absolute Gasteiger partial charge is 0.245 e. The van der Waals surface area contributed by atoms with Gasteiger partial charge in [-0.3, -0.25) is 14.6 Å². The summed E-state index contributed by atoms with van der Waals surface area (Å²) in [6, 6.07) is 1.90. The molecule has 174 valence electrons. The molecule has 2 heterocycles. The molecule has 0 radical (unpaired) electrons. The molecular weight excluding hydrogens is 439 g/mol. The Morgan fingerprint density at radius 2 is 2.00 bits per heavy atom. The fourth-order valence-electron chi connectivity index (χ4n) is 3.01. The van der Waals surface area contributed by atoms with Crippen LogP contribution in [-0.4, -0.2) is 64.4 Å². The Bertz CT molecular complexity index is 1040. The van der Waals surface area contributed by atoms with Crippen molar-refractivity contribution in [1.82, 2.24) is 19.9 Å². The third-order valence-electron chi connectivity index (χ3n) is 4.98. The van der Waals surface area contributed by atoms with Crippen LogP contribution < -0.4 is 10.6 Å². The summed E-state index contributed by atoms with van der Waals surface area (Å²) in [5.41, 5.74) is 0.700. The quantitative estimate of drug-likeness (QED) is 0.557. The van der Waals surface area contributed by atoms with Crippen molar-refractivity contribution >= 4 is 23.3 Å². The van der Waals surface area contributed by atoms with E-state index in [4.69, 9.17) is 0 Å². The van der Waals surface area contributed by atoms with Gasteiger partial charge in [-0.2, -0.15) is 5.26 Å². The second-order valence-electron chi connectivity index (χ2n) is 7.55. The van der Waals surface area contributed by atoms with Gasteiger partial charge in [0.1, 0.15) is 18.8 Å². The number of alkyl halides is 3. The van der Waals surface area contributed by atoms with Crippen LogP contribution in [0.1, 0.15) is 25.0 Å². The first kappa shape index (κ1) is 23.9. The number of likely N-dealkylation sites (N-methyl/N-ethyl adjacent to an activating group) is 1. The van der Waals surface area contributed by atoms with E-state index in [1.807, 2.05) is 6.07 Å². The van der Waals surface area contributed by atoms with Crippen LogP contribution >= 0.6 is 0 Å². The van der Waals surface area contributed by atoms with Gasteiger partial charge in [-0.1, -0.05) is 0 Å². The minimum atomic E-state index is -2.81. The number of hydrogen-bond donors (Lipinski definition) is 2. The molecule has 1 fully saturated rings. The van der Waals surface area contributed by atoms with Gasteiger partial charge in [-0.15, -0.1) is 0 Å². The zero-order valence-corrected chi connectivity index (χ0v) is 17.8.